The van der Waals surface area contributed by atoms with Gasteiger partial charge in [-0.25, -0.2) is 13.2 Å². The first-order valence-electron chi connectivity index (χ1n) is 7.20. The van der Waals surface area contributed by atoms with Crippen molar-refractivity contribution in [1.29, 1.82) is 0 Å². The maximum Gasteiger partial charge on any atom is 0.349 e. The van der Waals surface area contributed by atoms with E-state index in [1.54, 1.807) is 13.1 Å². The SMILES string of the molecule is COC(=O)c1sccc1S(=O)(=O)Nc1cc(-c2ccccc2)nn1C. The number of esters is 1. The van der Waals surface area contributed by atoms with Crippen LogP contribution in [-0.2, 0) is 21.8 Å². The zero-order chi connectivity index (χ0) is 18.0. The topological polar surface area (TPSA) is 90.3 Å². The molecule has 7 nitrogen and oxygen atoms in total. The van der Waals surface area contributed by atoms with Crippen molar-refractivity contribution in [2.75, 3.05) is 11.8 Å². The predicted octanol–water partition coefficient (Wildman–Crippen LogP) is 2.74. The molecule has 0 aliphatic rings. The largest absolute Gasteiger partial charge is 0.465 e. The van der Waals surface area contributed by atoms with Crippen molar-refractivity contribution in [3.05, 3.63) is 52.7 Å². The van der Waals surface area contributed by atoms with Gasteiger partial charge in [-0.1, -0.05) is 30.3 Å². The second kappa shape index (κ2) is 6.69. The number of aromatic nitrogens is 2. The number of aryl methyl sites for hydroxylation is 1. The Morgan fingerprint density at radius 1 is 1.24 bits per heavy atom. The molecular formula is C16H15N3O4S2. The highest BCUT2D eigenvalue weighted by atomic mass is 32.2. The summed E-state index contributed by atoms with van der Waals surface area (Å²) in [4.78, 5) is 11.6. The molecule has 0 fully saturated rings. The third-order valence-corrected chi connectivity index (χ3v) is 5.90. The summed E-state index contributed by atoms with van der Waals surface area (Å²) in [6.45, 7) is 0. The molecule has 0 saturated carbocycles. The van der Waals surface area contributed by atoms with Crippen molar-refractivity contribution in [3.8, 4) is 11.3 Å². The van der Waals surface area contributed by atoms with Gasteiger partial charge in [0.1, 0.15) is 15.6 Å². The van der Waals surface area contributed by atoms with E-state index < -0.39 is 16.0 Å². The van der Waals surface area contributed by atoms with Crippen molar-refractivity contribution in [3.63, 3.8) is 0 Å². The summed E-state index contributed by atoms with van der Waals surface area (Å²) in [6, 6.07) is 12.4. The van der Waals surface area contributed by atoms with Gasteiger partial charge in [0.15, 0.2) is 0 Å². The Morgan fingerprint density at radius 3 is 2.64 bits per heavy atom. The lowest BCUT2D eigenvalue weighted by atomic mass is 10.2. The molecule has 25 heavy (non-hydrogen) atoms. The third kappa shape index (κ3) is 3.42. The van der Waals surface area contributed by atoms with Gasteiger partial charge in [0.2, 0.25) is 0 Å². The molecule has 0 atom stereocenters. The number of nitrogens with zero attached hydrogens (tertiary/aromatic N) is 2. The first-order chi connectivity index (χ1) is 11.9. The number of nitrogens with one attached hydrogen (secondary N) is 1. The van der Waals surface area contributed by atoms with Crippen LogP contribution in [0.5, 0.6) is 0 Å². The number of anilines is 1. The molecule has 2 heterocycles. The van der Waals surface area contributed by atoms with Gasteiger partial charge in [-0.05, 0) is 11.4 Å². The van der Waals surface area contributed by atoms with Crippen molar-refractivity contribution < 1.29 is 17.9 Å². The molecule has 0 aliphatic carbocycles. The molecule has 3 rings (SSSR count). The van der Waals surface area contributed by atoms with E-state index in [0.29, 0.717) is 11.5 Å². The fraction of sp³-hybridized carbons (Fsp3) is 0.125. The summed E-state index contributed by atoms with van der Waals surface area (Å²) in [5, 5.41) is 5.85. The number of thiophene rings is 1. The number of ether oxygens (including phenoxy) is 1. The Morgan fingerprint density at radius 2 is 1.96 bits per heavy atom. The van der Waals surface area contributed by atoms with Crippen LogP contribution in [0.15, 0.2) is 52.7 Å². The second-order valence-corrected chi connectivity index (χ2v) is 7.68. The fourth-order valence-corrected chi connectivity index (χ4v) is 4.67. The van der Waals surface area contributed by atoms with Crippen LogP contribution in [-0.4, -0.2) is 31.3 Å². The molecular weight excluding hydrogens is 362 g/mol. The van der Waals surface area contributed by atoms with Gasteiger partial charge in [0.05, 0.1) is 12.8 Å². The number of hydrogen-bond acceptors (Lipinski definition) is 6. The second-order valence-electron chi connectivity index (χ2n) is 5.12. The molecule has 0 radical (unpaired) electrons. The number of sulfonamides is 1. The van der Waals surface area contributed by atoms with E-state index in [1.165, 1.54) is 23.2 Å². The van der Waals surface area contributed by atoms with E-state index in [4.69, 9.17) is 0 Å². The summed E-state index contributed by atoms with van der Waals surface area (Å²) >= 11 is 1.01. The summed E-state index contributed by atoms with van der Waals surface area (Å²) in [6.07, 6.45) is 0. The van der Waals surface area contributed by atoms with Gasteiger partial charge in [0, 0.05) is 18.7 Å². The van der Waals surface area contributed by atoms with Crippen molar-refractivity contribution in [2.45, 2.75) is 4.90 Å². The number of rotatable bonds is 5. The van der Waals surface area contributed by atoms with Crippen molar-refractivity contribution in [2.24, 2.45) is 7.05 Å². The van der Waals surface area contributed by atoms with Gasteiger partial charge in [0.25, 0.3) is 10.0 Å². The van der Waals surface area contributed by atoms with Gasteiger partial charge < -0.3 is 4.74 Å². The number of carbonyl (C=O) groups excluding carboxylic acids is 1. The Kier molecular flexibility index (Phi) is 4.60. The molecule has 9 heteroatoms. The van der Waals surface area contributed by atoms with Crippen LogP contribution < -0.4 is 4.72 Å². The minimum atomic E-state index is -3.95. The summed E-state index contributed by atoms with van der Waals surface area (Å²) in [5.41, 5.74) is 1.51. The van der Waals surface area contributed by atoms with E-state index >= 15 is 0 Å². The zero-order valence-electron chi connectivity index (χ0n) is 13.5. The average Bonchev–Trinajstić information content (AvgIpc) is 3.23. The molecule has 0 amide bonds. The highest BCUT2D eigenvalue weighted by molar-refractivity contribution is 7.93. The van der Waals surface area contributed by atoms with E-state index in [1.807, 2.05) is 30.3 Å². The maximum atomic E-state index is 12.6. The first-order valence-corrected chi connectivity index (χ1v) is 9.57. The number of carbonyl (C=O) groups is 1. The molecule has 1 N–H and O–H groups in total. The Hall–Kier alpha value is -2.65. The lowest BCUT2D eigenvalue weighted by molar-refractivity contribution is 0.0602. The molecule has 1 aromatic carbocycles. The molecule has 0 saturated heterocycles. The quantitative estimate of drug-likeness (QED) is 0.691. The zero-order valence-corrected chi connectivity index (χ0v) is 15.1. The van der Waals surface area contributed by atoms with Crippen LogP contribution >= 0.6 is 11.3 Å². The summed E-state index contributed by atoms with van der Waals surface area (Å²) < 4.78 is 33.8. The standard InChI is InChI=1S/C16H15N3O4S2/c1-19-14(10-12(17-19)11-6-4-3-5-7-11)18-25(21,22)13-8-9-24-15(13)16(20)23-2/h3-10,18H,1-2H3. The van der Waals surface area contributed by atoms with Gasteiger partial charge >= 0.3 is 5.97 Å². The van der Waals surface area contributed by atoms with Crippen molar-refractivity contribution >= 4 is 33.1 Å². The molecule has 130 valence electrons. The van der Waals surface area contributed by atoms with Crippen molar-refractivity contribution in [1.82, 2.24) is 9.78 Å². The lowest BCUT2D eigenvalue weighted by Gasteiger charge is -2.07. The van der Waals surface area contributed by atoms with Crippen LogP contribution in [0.4, 0.5) is 5.82 Å². The van der Waals surface area contributed by atoms with E-state index in [2.05, 4.69) is 14.6 Å². The minimum absolute atomic E-state index is 0.0282. The first kappa shape index (κ1) is 17.2. The van der Waals surface area contributed by atoms with Crippen LogP contribution in [0.1, 0.15) is 9.67 Å². The Balaban J connectivity index is 1.94. The maximum absolute atomic E-state index is 12.6. The molecule has 0 unspecified atom stereocenters. The van der Waals surface area contributed by atoms with E-state index in [-0.39, 0.29) is 9.77 Å². The summed E-state index contributed by atoms with van der Waals surface area (Å²) in [7, 11) is -1.10. The van der Waals surface area contributed by atoms with Crippen LogP contribution in [0.25, 0.3) is 11.3 Å². The molecule has 3 aromatic rings. The smallest absolute Gasteiger partial charge is 0.349 e. The van der Waals surface area contributed by atoms with Gasteiger partial charge in [-0.15, -0.1) is 11.3 Å². The van der Waals surface area contributed by atoms with Crippen LogP contribution in [0.3, 0.4) is 0 Å². The Labute approximate surface area is 148 Å². The Bertz CT molecular complexity index is 1010. The third-order valence-electron chi connectivity index (χ3n) is 3.48. The van der Waals surface area contributed by atoms with Gasteiger partial charge in [-0.3, -0.25) is 9.40 Å². The molecule has 2 aromatic heterocycles. The molecule has 0 spiro atoms. The predicted molar refractivity (Wildman–Crippen MR) is 95.1 cm³/mol. The van der Waals surface area contributed by atoms with E-state index in [9.17, 15) is 13.2 Å². The lowest BCUT2D eigenvalue weighted by Crippen LogP contribution is -2.17. The average molecular weight is 377 g/mol. The molecule has 0 aliphatic heterocycles. The number of hydrogen-bond donors (Lipinski definition) is 1. The highest BCUT2D eigenvalue weighted by Crippen LogP contribution is 2.27. The van der Waals surface area contributed by atoms with Crippen LogP contribution in [0, 0.1) is 0 Å². The monoisotopic (exact) mass is 377 g/mol. The minimum Gasteiger partial charge on any atom is -0.465 e. The van der Waals surface area contributed by atoms with Crippen LogP contribution in [0.2, 0.25) is 0 Å². The van der Waals surface area contributed by atoms with E-state index in [0.717, 1.165) is 16.9 Å². The highest BCUT2D eigenvalue weighted by Gasteiger charge is 2.25. The molecule has 0 bridgehead atoms. The number of benzene rings is 1. The fourth-order valence-electron chi connectivity index (χ4n) is 2.26. The normalized spacial score (nSPS) is 11.3. The number of methoxy groups -OCH3 is 1. The van der Waals surface area contributed by atoms with Gasteiger partial charge in [-0.2, -0.15) is 5.10 Å². The summed E-state index contributed by atoms with van der Waals surface area (Å²) in [5.74, 6) is -0.397.